The summed E-state index contributed by atoms with van der Waals surface area (Å²) < 4.78 is 27.1. The minimum atomic E-state index is -3.54. The Kier molecular flexibility index (Phi) is 5.14. The Morgan fingerprint density at radius 3 is 2.48 bits per heavy atom. The number of anilines is 1. The largest absolute Gasteiger partial charge is 0.348 e. The Bertz CT molecular complexity index is 1060. The van der Waals surface area contributed by atoms with E-state index in [0.29, 0.717) is 42.4 Å². The summed E-state index contributed by atoms with van der Waals surface area (Å²) in [6.07, 6.45) is 1.72. The summed E-state index contributed by atoms with van der Waals surface area (Å²) in [5.41, 5.74) is 2.32. The highest BCUT2D eigenvalue weighted by Crippen LogP contribution is 2.24. The second-order valence-electron chi connectivity index (χ2n) is 7.62. The highest BCUT2D eigenvalue weighted by atomic mass is 32.2. The molecule has 0 radical (unpaired) electrons. The van der Waals surface area contributed by atoms with Gasteiger partial charge < -0.3 is 10.6 Å². The third-order valence-corrected chi connectivity index (χ3v) is 7.46. The zero-order chi connectivity index (χ0) is 20.6. The van der Waals surface area contributed by atoms with Crippen LogP contribution in [0.5, 0.6) is 0 Å². The first kappa shape index (κ1) is 19.6. The van der Waals surface area contributed by atoms with E-state index in [1.165, 1.54) is 28.6 Å². The molecule has 0 spiro atoms. The van der Waals surface area contributed by atoms with Crippen LogP contribution in [0.2, 0.25) is 0 Å². The quantitative estimate of drug-likeness (QED) is 0.805. The van der Waals surface area contributed by atoms with Gasteiger partial charge in [-0.05, 0) is 60.7 Å². The molecule has 8 heteroatoms. The van der Waals surface area contributed by atoms with E-state index in [1.54, 1.807) is 18.2 Å². The molecule has 0 bridgehead atoms. The van der Waals surface area contributed by atoms with Crippen LogP contribution in [0.4, 0.5) is 5.69 Å². The molecule has 152 valence electrons. The molecule has 0 aromatic heterocycles. The zero-order valence-corrected chi connectivity index (χ0v) is 17.0. The predicted molar refractivity (Wildman–Crippen MR) is 109 cm³/mol. The monoisotopic (exact) mass is 413 g/mol. The average Bonchev–Trinajstić information content (AvgIpc) is 3.09. The van der Waals surface area contributed by atoms with Gasteiger partial charge in [0.05, 0.1) is 4.90 Å². The lowest BCUT2D eigenvalue weighted by molar-refractivity contribution is 0.0964. The number of rotatable bonds is 4. The Morgan fingerprint density at radius 2 is 1.79 bits per heavy atom. The van der Waals surface area contributed by atoms with Crippen LogP contribution in [0.25, 0.3) is 0 Å². The number of hydrogen-bond acceptors (Lipinski definition) is 4. The summed E-state index contributed by atoms with van der Waals surface area (Å²) in [5, 5.41) is 5.49. The Hall–Kier alpha value is -2.71. The molecule has 0 aliphatic carbocycles. The number of sulfonamides is 1. The maximum atomic E-state index is 12.8. The van der Waals surface area contributed by atoms with Crippen molar-refractivity contribution in [2.75, 3.05) is 18.4 Å². The lowest BCUT2D eigenvalue weighted by atomic mass is 10.0. The van der Waals surface area contributed by atoms with E-state index in [0.717, 1.165) is 18.4 Å². The molecule has 2 aliphatic heterocycles. The fourth-order valence-corrected chi connectivity index (χ4v) is 5.12. The van der Waals surface area contributed by atoms with Crippen LogP contribution in [-0.2, 0) is 16.6 Å². The minimum absolute atomic E-state index is 0.155. The van der Waals surface area contributed by atoms with Crippen molar-refractivity contribution in [3.05, 3.63) is 59.2 Å². The topological polar surface area (TPSA) is 95.6 Å². The van der Waals surface area contributed by atoms with Gasteiger partial charge >= 0.3 is 0 Å². The van der Waals surface area contributed by atoms with Crippen molar-refractivity contribution in [3.63, 3.8) is 0 Å². The van der Waals surface area contributed by atoms with Crippen LogP contribution >= 0.6 is 0 Å². The summed E-state index contributed by atoms with van der Waals surface area (Å²) in [4.78, 5) is 24.5. The molecule has 29 heavy (non-hydrogen) atoms. The fraction of sp³-hybridized carbons (Fsp3) is 0.333. The number of carbonyl (C=O) groups is 2. The van der Waals surface area contributed by atoms with E-state index in [-0.39, 0.29) is 16.7 Å². The van der Waals surface area contributed by atoms with Gasteiger partial charge in [-0.2, -0.15) is 4.31 Å². The summed E-state index contributed by atoms with van der Waals surface area (Å²) >= 11 is 0. The molecule has 7 nitrogen and oxygen atoms in total. The van der Waals surface area contributed by atoms with Crippen molar-refractivity contribution in [1.29, 1.82) is 0 Å². The maximum absolute atomic E-state index is 12.8. The minimum Gasteiger partial charge on any atom is -0.348 e. The van der Waals surface area contributed by atoms with Crippen LogP contribution in [-0.4, -0.2) is 37.6 Å². The van der Waals surface area contributed by atoms with E-state index >= 15 is 0 Å². The van der Waals surface area contributed by atoms with Gasteiger partial charge in [0.25, 0.3) is 11.8 Å². The number of carbonyl (C=O) groups excluding carboxylic acids is 2. The molecule has 2 aliphatic rings. The average molecular weight is 413 g/mol. The maximum Gasteiger partial charge on any atom is 0.255 e. The summed E-state index contributed by atoms with van der Waals surface area (Å²) in [6, 6.07) is 11.2. The lowest BCUT2D eigenvalue weighted by Gasteiger charge is -2.29. The van der Waals surface area contributed by atoms with Crippen molar-refractivity contribution in [3.8, 4) is 0 Å². The highest BCUT2D eigenvalue weighted by Gasteiger charge is 2.28. The van der Waals surface area contributed by atoms with Gasteiger partial charge in [0.1, 0.15) is 0 Å². The molecular weight excluding hydrogens is 390 g/mol. The predicted octanol–water partition coefficient (Wildman–Crippen LogP) is 2.60. The highest BCUT2D eigenvalue weighted by molar-refractivity contribution is 7.89. The summed E-state index contributed by atoms with van der Waals surface area (Å²) in [7, 11) is -3.54. The van der Waals surface area contributed by atoms with E-state index in [9.17, 15) is 18.0 Å². The molecule has 2 heterocycles. The number of benzene rings is 2. The smallest absolute Gasteiger partial charge is 0.255 e. The van der Waals surface area contributed by atoms with Gasteiger partial charge in [-0.3, -0.25) is 9.59 Å². The summed E-state index contributed by atoms with van der Waals surface area (Å²) in [5.74, 6) is 0.0229. The van der Waals surface area contributed by atoms with Crippen LogP contribution in [0.3, 0.4) is 0 Å². The van der Waals surface area contributed by atoms with Gasteiger partial charge in [0.2, 0.25) is 10.0 Å². The van der Waals surface area contributed by atoms with Crippen molar-refractivity contribution in [1.82, 2.24) is 9.62 Å². The molecule has 2 amide bonds. The second kappa shape index (κ2) is 7.61. The van der Waals surface area contributed by atoms with E-state index in [4.69, 9.17) is 0 Å². The molecule has 2 aromatic carbocycles. The molecule has 4 rings (SSSR count). The van der Waals surface area contributed by atoms with Gasteiger partial charge in [-0.25, -0.2) is 8.42 Å². The normalized spacial score (nSPS) is 17.6. The zero-order valence-electron chi connectivity index (χ0n) is 16.1. The molecule has 0 unspecified atom stereocenters. The van der Waals surface area contributed by atoms with Gasteiger partial charge in [0.15, 0.2) is 0 Å². The van der Waals surface area contributed by atoms with E-state index < -0.39 is 10.0 Å². The van der Waals surface area contributed by atoms with Crippen LogP contribution in [0, 0.1) is 5.92 Å². The Balaban J connectivity index is 1.47. The van der Waals surface area contributed by atoms with Crippen LogP contribution in [0.1, 0.15) is 46.0 Å². The number of amides is 2. The van der Waals surface area contributed by atoms with Crippen molar-refractivity contribution >= 4 is 27.5 Å². The molecule has 1 saturated heterocycles. The molecule has 2 aromatic rings. The third kappa shape index (κ3) is 3.90. The SMILES string of the molecule is CC1CCN(S(=O)(=O)c2ccc(C(=O)Nc3ccc4c(c3)C(=O)NC4)cc2)CC1. The molecule has 1 fully saturated rings. The summed E-state index contributed by atoms with van der Waals surface area (Å²) in [6.45, 7) is 3.67. The first-order chi connectivity index (χ1) is 13.8. The molecule has 2 N–H and O–H groups in total. The standard InChI is InChI=1S/C21H23N3O4S/c1-14-8-10-24(11-9-14)29(27,28)18-6-3-15(4-7-18)20(25)23-17-5-2-16-13-22-21(26)19(16)12-17/h2-7,12,14H,8-11,13H2,1H3,(H,22,26)(H,23,25). The van der Waals surface area contributed by atoms with E-state index in [2.05, 4.69) is 17.6 Å². The van der Waals surface area contributed by atoms with Crippen LogP contribution in [0.15, 0.2) is 47.4 Å². The molecular formula is C21H23N3O4S. The number of hydrogen-bond donors (Lipinski definition) is 2. The first-order valence-corrected chi connectivity index (χ1v) is 11.1. The molecule has 0 saturated carbocycles. The first-order valence-electron chi connectivity index (χ1n) is 9.67. The van der Waals surface area contributed by atoms with Gasteiger partial charge in [0, 0.05) is 36.4 Å². The van der Waals surface area contributed by atoms with Crippen molar-refractivity contribution < 1.29 is 18.0 Å². The van der Waals surface area contributed by atoms with Crippen molar-refractivity contribution in [2.45, 2.75) is 31.2 Å². The number of fused-ring (bicyclic) bond motifs is 1. The third-order valence-electron chi connectivity index (χ3n) is 5.55. The second-order valence-corrected chi connectivity index (χ2v) is 9.56. The lowest BCUT2D eigenvalue weighted by Crippen LogP contribution is -2.37. The van der Waals surface area contributed by atoms with Crippen molar-refractivity contribution in [2.24, 2.45) is 5.92 Å². The van der Waals surface area contributed by atoms with Gasteiger partial charge in [-0.15, -0.1) is 0 Å². The van der Waals surface area contributed by atoms with E-state index in [1.807, 2.05) is 0 Å². The van der Waals surface area contributed by atoms with Gasteiger partial charge in [-0.1, -0.05) is 13.0 Å². The number of nitrogens with one attached hydrogen (secondary N) is 2. The fourth-order valence-electron chi connectivity index (χ4n) is 3.65. The molecule has 0 atom stereocenters. The Labute approximate surface area is 170 Å². The number of piperidine rings is 1. The number of nitrogens with zero attached hydrogens (tertiary/aromatic N) is 1. The van der Waals surface area contributed by atoms with Crippen LogP contribution < -0.4 is 10.6 Å². The Morgan fingerprint density at radius 1 is 1.10 bits per heavy atom.